The van der Waals surface area contributed by atoms with Crippen molar-refractivity contribution in [3.05, 3.63) is 58.4 Å². The van der Waals surface area contributed by atoms with E-state index in [4.69, 9.17) is 15.3 Å². The van der Waals surface area contributed by atoms with E-state index in [0.29, 0.717) is 39.2 Å². The number of hydrogen-bond acceptors (Lipinski definition) is 8. The molecular weight excluding hydrogens is 518 g/mol. The lowest BCUT2D eigenvalue weighted by Gasteiger charge is -2.13. The Hall–Kier alpha value is -4.39. The van der Waals surface area contributed by atoms with Gasteiger partial charge >= 0.3 is 0 Å². The number of anilines is 1. The maximum Gasteiger partial charge on any atom is 0.280 e. The molecule has 1 aliphatic rings. The third-order valence-electron chi connectivity index (χ3n) is 6.28. The van der Waals surface area contributed by atoms with E-state index in [-0.39, 0.29) is 21.8 Å². The second-order valence-electron chi connectivity index (χ2n) is 8.54. The fourth-order valence-electron chi connectivity index (χ4n) is 4.26. The van der Waals surface area contributed by atoms with Crippen LogP contribution in [0.15, 0.2) is 41.7 Å². The van der Waals surface area contributed by atoms with Crippen LogP contribution < -0.4 is 15.8 Å². The molecule has 0 fully saturated rings. The Morgan fingerprint density at radius 3 is 2.68 bits per heavy atom. The van der Waals surface area contributed by atoms with E-state index in [0.717, 1.165) is 11.3 Å². The highest BCUT2D eigenvalue weighted by Gasteiger charge is 2.33. The fourth-order valence-corrected chi connectivity index (χ4v) is 5.28. The van der Waals surface area contributed by atoms with E-state index in [1.807, 2.05) is 12.1 Å². The molecule has 1 unspecified atom stereocenters. The van der Waals surface area contributed by atoms with Gasteiger partial charge in [0.25, 0.3) is 18.2 Å². The van der Waals surface area contributed by atoms with Crippen molar-refractivity contribution in [2.24, 2.45) is 17.9 Å². The van der Waals surface area contributed by atoms with Crippen molar-refractivity contribution in [3.63, 3.8) is 0 Å². The van der Waals surface area contributed by atoms with E-state index in [1.165, 1.54) is 19.4 Å². The molecule has 3 aromatic heterocycles. The smallest absolute Gasteiger partial charge is 0.280 e. The van der Waals surface area contributed by atoms with Gasteiger partial charge in [-0.1, -0.05) is 17.3 Å². The molecular formula is C25H22F2N6O4S. The van der Waals surface area contributed by atoms with Gasteiger partial charge in [0.15, 0.2) is 0 Å². The van der Waals surface area contributed by atoms with Gasteiger partial charge in [-0.2, -0.15) is 5.10 Å². The Labute approximate surface area is 219 Å². The second-order valence-corrected chi connectivity index (χ2v) is 9.54. The number of alkyl halides is 2. The molecule has 0 aliphatic carbocycles. The first-order valence-corrected chi connectivity index (χ1v) is 12.2. The number of fused-ring (bicyclic) bond motifs is 1. The van der Waals surface area contributed by atoms with E-state index in [9.17, 15) is 18.4 Å². The number of benzene rings is 1. The molecule has 196 valence electrons. The number of nitrogens with one attached hydrogen (secondary N) is 1. The molecule has 1 aliphatic heterocycles. The average molecular weight is 541 g/mol. The molecule has 4 aromatic rings. The van der Waals surface area contributed by atoms with Crippen molar-refractivity contribution in [1.82, 2.24) is 14.8 Å². The van der Waals surface area contributed by atoms with Gasteiger partial charge in [0.05, 0.1) is 24.7 Å². The average Bonchev–Trinajstić information content (AvgIpc) is 3.62. The van der Waals surface area contributed by atoms with Crippen molar-refractivity contribution in [1.29, 1.82) is 0 Å². The molecule has 38 heavy (non-hydrogen) atoms. The summed E-state index contributed by atoms with van der Waals surface area (Å²) in [5.74, 6) is -0.852. The van der Waals surface area contributed by atoms with Crippen molar-refractivity contribution in [2.75, 3.05) is 12.4 Å². The first-order chi connectivity index (χ1) is 18.2. The lowest BCUT2D eigenvalue weighted by Crippen LogP contribution is -2.29. The van der Waals surface area contributed by atoms with E-state index in [2.05, 4.69) is 20.6 Å². The summed E-state index contributed by atoms with van der Waals surface area (Å²) in [5, 5.41) is 11.3. The maximum atomic E-state index is 13.7. The number of aromatic nitrogens is 3. The standard InChI is InChI=1S/C25H22F2N6O4S/c1-11-14(10-29-33(11)2)13-8-16(22(26)27)30-25-19(13)20(21(38-25)23(28)34)31-24(35)18-9-15(32-37-18)12-6-4-5-7-17(12)36-3/h4-8,10,18,22H,9H2,1-3H3,(H2,28,34)(H,31,35). The zero-order valence-corrected chi connectivity index (χ0v) is 21.3. The number of halogens is 2. The number of ether oxygens (including phenoxy) is 1. The fraction of sp³-hybridized carbons (Fsp3) is 0.240. The number of para-hydroxylation sites is 1. The van der Waals surface area contributed by atoms with Crippen molar-refractivity contribution in [2.45, 2.75) is 25.9 Å². The van der Waals surface area contributed by atoms with Crippen molar-refractivity contribution >= 4 is 44.8 Å². The Morgan fingerprint density at radius 2 is 2.03 bits per heavy atom. The van der Waals surface area contributed by atoms with Crippen LogP contribution in [-0.4, -0.2) is 45.5 Å². The number of hydrogen-bond donors (Lipinski definition) is 2. The van der Waals surface area contributed by atoms with Crippen molar-refractivity contribution < 1.29 is 27.9 Å². The Kier molecular flexibility index (Phi) is 6.53. The van der Waals surface area contributed by atoms with E-state index in [1.54, 1.807) is 30.8 Å². The van der Waals surface area contributed by atoms with Gasteiger partial charge in [0, 0.05) is 35.7 Å². The minimum Gasteiger partial charge on any atom is -0.496 e. The number of primary amides is 1. The molecule has 4 heterocycles. The predicted octanol–water partition coefficient (Wildman–Crippen LogP) is 4.18. The number of carbonyl (C=O) groups is 2. The van der Waals surface area contributed by atoms with Crippen LogP contribution in [-0.2, 0) is 16.7 Å². The molecule has 2 amide bonds. The molecule has 0 spiro atoms. The number of thiophene rings is 1. The second kappa shape index (κ2) is 9.82. The van der Waals surface area contributed by atoms with Crippen LogP contribution in [0.5, 0.6) is 5.75 Å². The van der Waals surface area contributed by atoms with Crippen molar-refractivity contribution in [3.8, 4) is 16.9 Å². The normalized spacial score (nSPS) is 15.0. The number of oxime groups is 1. The monoisotopic (exact) mass is 540 g/mol. The molecule has 10 nitrogen and oxygen atoms in total. The van der Waals surface area contributed by atoms with Crippen LogP contribution in [0.1, 0.15) is 39.5 Å². The van der Waals surface area contributed by atoms with Gasteiger partial charge < -0.3 is 20.6 Å². The van der Waals surface area contributed by atoms with Crippen LogP contribution in [0.2, 0.25) is 0 Å². The Morgan fingerprint density at radius 1 is 1.26 bits per heavy atom. The number of carbonyl (C=O) groups excluding carboxylic acids is 2. The number of nitrogens with two attached hydrogens (primary N) is 1. The van der Waals surface area contributed by atoms with E-state index >= 15 is 0 Å². The first kappa shape index (κ1) is 25.3. The quantitative estimate of drug-likeness (QED) is 0.361. The van der Waals surface area contributed by atoms with Gasteiger partial charge in [-0.05, 0) is 30.7 Å². The molecule has 0 radical (unpaired) electrons. The van der Waals surface area contributed by atoms with Crippen LogP contribution >= 0.6 is 11.3 Å². The van der Waals surface area contributed by atoms with Gasteiger partial charge in [-0.25, -0.2) is 13.8 Å². The number of pyridine rings is 1. The lowest BCUT2D eigenvalue weighted by atomic mass is 10.0. The van der Waals surface area contributed by atoms with Crippen LogP contribution in [0.25, 0.3) is 21.3 Å². The third kappa shape index (κ3) is 4.34. The third-order valence-corrected chi connectivity index (χ3v) is 7.38. The first-order valence-electron chi connectivity index (χ1n) is 11.4. The number of amides is 2. The summed E-state index contributed by atoms with van der Waals surface area (Å²) >= 11 is 0.825. The molecule has 5 rings (SSSR count). The van der Waals surface area contributed by atoms with E-state index < -0.39 is 30.0 Å². The minimum atomic E-state index is -2.86. The molecule has 13 heteroatoms. The molecule has 1 atom stereocenters. The zero-order valence-electron chi connectivity index (χ0n) is 20.5. The Balaban J connectivity index is 1.55. The number of methoxy groups -OCH3 is 1. The van der Waals surface area contributed by atoms with Gasteiger partial charge in [0.1, 0.15) is 21.2 Å². The number of nitrogens with zero attached hydrogens (tertiary/aromatic N) is 4. The summed E-state index contributed by atoms with van der Waals surface area (Å²) in [5.41, 5.74) is 8.00. The Bertz CT molecular complexity index is 1610. The zero-order chi connectivity index (χ0) is 27.1. The number of aryl methyl sites for hydroxylation is 1. The summed E-state index contributed by atoms with van der Waals surface area (Å²) in [6, 6.07) is 8.43. The minimum absolute atomic E-state index is 0.0288. The van der Waals surface area contributed by atoms with Crippen LogP contribution in [0.4, 0.5) is 14.5 Å². The summed E-state index contributed by atoms with van der Waals surface area (Å²) in [6.45, 7) is 1.78. The molecule has 3 N–H and O–H groups in total. The van der Waals surface area contributed by atoms with Gasteiger partial charge in [0.2, 0.25) is 6.10 Å². The highest BCUT2D eigenvalue weighted by Crippen LogP contribution is 2.43. The summed E-state index contributed by atoms with van der Waals surface area (Å²) in [4.78, 5) is 35.2. The van der Waals surface area contributed by atoms with Gasteiger partial charge in [-0.15, -0.1) is 11.3 Å². The van der Waals surface area contributed by atoms with Gasteiger partial charge in [-0.3, -0.25) is 14.3 Å². The summed E-state index contributed by atoms with van der Waals surface area (Å²) < 4.78 is 34.4. The summed E-state index contributed by atoms with van der Waals surface area (Å²) in [7, 11) is 3.24. The molecule has 0 saturated heterocycles. The molecule has 0 bridgehead atoms. The molecule has 1 aromatic carbocycles. The largest absolute Gasteiger partial charge is 0.496 e. The molecule has 0 saturated carbocycles. The lowest BCUT2D eigenvalue weighted by molar-refractivity contribution is -0.125. The SMILES string of the molecule is COc1ccccc1C1=NOC(C(=O)Nc2c(C(N)=O)sc3nc(C(F)F)cc(-c4cnn(C)c4C)c23)C1. The topological polar surface area (TPSA) is 134 Å². The summed E-state index contributed by atoms with van der Waals surface area (Å²) in [6.07, 6.45) is -2.20. The highest BCUT2D eigenvalue weighted by molar-refractivity contribution is 7.21. The highest BCUT2D eigenvalue weighted by atomic mass is 32.1. The van der Waals surface area contributed by atoms with Crippen LogP contribution in [0, 0.1) is 6.92 Å². The maximum absolute atomic E-state index is 13.7. The van der Waals surface area contributed by atoms with Crippen LogP contribution in [0.3, 0.4) is 0 Å². The predicted molar refractivity (Wildman–Crippen MR) is 138 cm³/mol. The number of rotatable bonds is 7.